The van der Waals surface area contributed by atoms with Gasteiger partial charge in [-0.2, -0.15) is 11.8 Å². The molecule has 1 aromatic rings. The molecule has 0 aliphatic carbocycles. The fourth-order valence-electron chi connectivity index (χ4n) is 1.80. The summed E-state index contributed by atoms with van der Waals surface area (Å²) < 4.78 is 0. The molecule has 0 unspecified atom stereocenters. The van der Waals surface area contributed by atoms with Crippen LogP contribution < -0.4 is 16.0 Å². The normalized spacial score (nSPS) is 11.7. The number of urea groups is 1. The lowest BCUT2D eigenvalue weighted by molar-refractivity contribution is -0.139. The smallest absolute Gasteiger partial charge is 0.326 e. The first kappa shape index (κ1) is 17.3. The van der Waals surface area contributed by atoms with Crippen LogP contribution in [0.4, 0.5) is 10.5 Å². The molecule has 0 heterocycles. The van der Waals surface area contributed by atoms with Gasteiger partial charge in [-0.1, -0.05) is 18.2 Å². The zero-order valence-electron chi connectivity index (χ0n) is 12.2. The fourth-order valence-corrected chi connectivity index (χ4v) is 2.27. The standard InChI is InChI=1S/C14H21N3O3S/c1-15-9-10-5-3-4-6-11(10)16-14(20)17-12(13(18)19)7-8-21-2/h3-6,12,15H,7-9H2,1-2H3,(H,18,19)(H2,16,17,20)/t12-/m0/s1. The van der Waals surface area contributed by atoms with Crippen LogP contribution in [0.2, 0.25) is 0 Å². The summed E-state index contributed by atoms with van der Waals surface area (Å²) in [6.45, 7) is 0.616. The molecule has 0 spiro atoms. The lowest BCUT2D eigenvalue weighted by Gasteiger charge is -2.16. The summed E-state index contributed by atoms with van der Waals surface area (Å²) in [6, 6.07) is 5.99. The summed E-state index contributed by atoms with van der Waals surface area (Å²) in [6.07, 6.45) is 2.29. The molecule has 0 aromatic heterocycles. The molecule has 0 fully saturated rings. The predicted molar refractivity (Wildman–Crippen MR) is 85.8 cm³/mol. The van der Waals surface area contributed by atoms with Gasteiger partial charge in [0.1, 0.15) is 6.04 Å². The van der Waals surface area contributed by atoms with Crippen LogP contribution in [0, 0.1) is 0 Å². The van der Waals surface area contributed by atoms with Crippen molar-refractivity contribution in [3.63, 3.8) is 0 Å². The van der Waals surface area contributed by atoms with E-state index in [1.165, 1.54) is 0 Å². The predicted octanol–water partition coefficient (Wildman–Crippen LogP) is 1.73. The molecule has 0 saturated carbocycles. The van der Waals surface area contributed by atoms with Gasteiger partial charge in [-0.25, -0.2) is 9.59 Å². The van der Waals surface area contributed by atoms with Crippen LogP contribution in [-0.4, -0.2) is 42.2 Å². The van der Waals surface area contributed by atoms with Gasteiger partial charge in [-0.05, 0) is 37.1 Å². The molecule has 2 amide bonds. The molecular weight excluding hydrogens is 290 g/mol. The molecule has 6 nitrogen and oxygen atoms in total. The second-order valence-electron chi connectivity index (χ2n) is 4.46. The first-order chi connectivity index (χ1) is 10.1. The van der Waals surface area contributed by atoms with Crippen LogP contribution in [-0.2, 0) is 11.3 Å². The Morgan fingerprint density at radius 1 is 1.33 bits per heavy atom. The largest absolute Gasteiger partial charge is 0.480 e. The Labute approximate surface area is 128 Å². The molecule has 1 rings (SSSR count). The number of carbonyl (C=O) groups is 2. The minimum Gasteiger partial charge on any atom is -0.480 e. The summed E-state index contributed by atoms with van der Waals surface area (Å²) in [5.74, 6) is -0.351. The van der Waals surface area contributed by atoms with Gasteiger partial charge in [0, 0.05) is 12.2 Å². The Morgan fingerprint density at radius 3 is 2.67 bits per heavy atom. The van der Waals surface area contributed by atoms with Crippen molar-refractivity contribution < 1.29 is 14.7 Å². The van der Waals surface area contributed by atoms with E-state index in [9.17, 15) is 9.59 Å². The number of carboxylic acids is 1. The Balaban J connectivity index is 2.65. The quantitative estimate of drug-likeness (QED) is 0.587. The minimum absolute atomic E-state index is 0.391. The number of hydrogen-bond acceptors (Lipinski definition) is 4. The SMILES string of the molecule is CNCc1ccccc1NC(=O)N[C@@H](CCSC)C(=O)O. The topological polar surface area (TPSA) is 90.5 Å². The summed E-state index contributed by atoms with van der Waals surface area (Å²) in [4.78, 5) is 23.0. The number of aliphatic carboxylic acids is 1. The van der Waals surface area contributed by atoms with E-state index in [4.69, 9.17) is 5.11 Å². The number of benzene rings is 1. The monoisotopic (exact) mass is 311 g/mol. The third kappa shape index (κ3) is 6.05. The number of amides is 2. The van der Waals surface area contributed by atoms with E-state index < -0.39 is 18.0 Å². The number of rotatable bonds is 8. The summed E-state index contributed by atoms with van der Waals surface area (Å²) in [5, 5.41) is 17.3. The second kappa shape index (κ2) is 9.25. The molecule has 0 aliphatic rings. The molecule has 7 heteroatoms. The van der Waals surface area contributed by atoms with E-state index in [0.717, 1.165) is 5.56 Å². The molecule has 4 N–H and O–H groups in total. The van der Waals surface area contributed by atoms with Crippen molar-refractivity contribution in [1.82, 2.24) is 10.6 Å². The lowest BCUT2D eigenvalue weighted by atomic mass is 10.2. The number of thioether (sulfide) groups is 1. The van der Waals surface area contributed by atoms with Gasteiger partial charge < -0.3 is 21.1 Å². The van der Waals surface area contributed by atoms with E-state index in [1.807, 2.05) is 31.5 Å². The van der Waals surface area contributed by atoms with Gasteiger partial charge in [-0.15, -0.1) is 0 Å². The Hall–Kier alpha value is -1.73. The van der Waals surface area contributed by atoms with Crippen molar-refractivity contribution in [2.45, 2.75) is 19.0 Å². The highest BCUT2D eigenvalue weighted by Gasteiger charge is 2.19. The maximum Gasteiger partial charge on any atom is 0.326 e. The highest BCUT2D eigenvalue weighted by Crippen LogP contribution is 2.14. The minimum atomic E-state index is -1.03. The van der Waals surface area contributed by atoms with E-state index in [-0.39, 0.29) is 0 Å². The van der Waals surface area contributed by atoms with Crippen molar-refractivity contribution in [1.29, 1.82) is 0 Å². The number of para-hydroxylation sites is 1. The van der Waals surface area contributed by atoms with Crippen LogP contribution in [0.5, 0.6) is 0 Å². The maximum absolute atomic E-state index is 11.9. The molecule has 1 aromatic carbocycles. The molecule has 0 saturated heterocycles. The van der Waals surface area contributed by atoms with Gasteiger partial charge in [0.2, 0.25) is 0 Å². The van der Waals surface area contributed by atoms with Crippen LogP contribution in [0.25, 0.3) is 0 Å². The number of carboxylic acid groups (broad SMARTS) is 1. The first-order valence-corrected chi connectivity index (χ1v) is 7.99. The van der Waals surface area contributed by atoms with Crippen molar-refractivity contribution in [2.75, 3.05) is 24.4 Å². The maximum atomic E-state index is 11.9. The highest BCUT2D eigenvalue weighted by atomic mass is 32.2. The number of anilines is 1. The first-order valence-electron chi connectivity index (χ1n) is 6.60. The molecule has 21 heavy (non-hydrogen) atoms. The van der Waals surface area contributed by atoms with E-state index in [1.54, 1.807) is 17.8 Å². The molecule has 116 valence electrons. The Morgan fingerprint density at radius 2 is 2.05 bits per heavy atom. The van der Waals surface area contributed by atoms with E-state index in [2.05, 4.69) is 16.0 Å². The van der Waals surface area contributed by atoms with Crippen LogP contribution in [0.1, 0.15) is 12.0 Å². The highest BCUT2D eigenvalue weighted by molar-refractivity contribution is 7.98. The molecular formula is C14H21N3O3S. The molecule has 0 bridgehead atoms. The van der Waals surface area contributed by atoms with Crippen molar-refractivity contribution in [3.05, 3.63) is 29.8 Å². The van der Waals surface area contributed by atoms with Crippen molar-refractivity contribution in [2.24, 2.45) is 0 Å². The fraction of sp³-hybridized carbons (Fsp3) is 0.429. The van der Waals surface area contributed by atoms with E-state index >= 15 is 0 Å². The van der Waals surface area contributed by atoms with Crippen LogP contribution >= 0.6 is 11.8 Å². The second-order valence-corrected chi connectivity index (χ2v) is 5.44. The average Bonchev–Trinajstić information content (AvgIpc) is 2.45. The third-order valence-electron chi connectivity index (χ3n) is 2.85. The molecule has 0 radical (unpaired) electrons. The van der Waals surface area contributed by atoms with Crippen molar-refractivity contribution in [3.8, 4) is 0 Å². The molecule has 0 aliphatic heterocycles. The van der Waals surface area contributed by atoms with Gasteiger partial charge in [0.05, 0.1) is 0 Å². The third-order valence-corrected chi connectivity index (χ3v) is 3.49. The van der Waals surface area contributed by atoms with Gasteiger partial charge in [-0.3, -0.25) is 0 Å². The summed E-state index contributed by atoms with van der Waals surface area (Å²) in [5.41, 5.74) is 1.60. The number of nitrogens with one attached hydrogen (secondary N) is 3. The number of carbonyl (C=O) groups excluding carboxylic acids is 1. The van der Waals surface area contributed by atoms with E-state index in [0.29, 0.717) is 24.4 Å². The summed E-state index contributed by atoms with van der Waals surface area (Å²) in [7, 11) is 1.82. The zero-order chi connectivity index (χ0) is 15.7. The Bertz CT molecular complexity index is 482. The Kier molecular flexibility index (Phi) is 7.63. The lowest BCUT2D eigenvalue weighted by Crippen LogP contribution is -2.43. The van der Waals surface area contributed by atoms with Crippen molar-refractivity contribution >= 4 is 29.4 Å². The zero-order valence-corrected chi connectivity index (χ0v) is 13.0. The van der Waals surface area contributed by atoms with Gasteiger partial charge in [0.25, 0.3) is 0 Å². The average molecular weight is 311 g/mol. The van der Waals surface area contributed by atoms with Gasteiger partial charge in [0.15, 0.2) is 0 Å². The van der Waals surface area contributed by atoms with Gasteiger partial charge >= 0.3 is 12.0 Å². The number of hydrogen-bond donors (Lipinski definition) is 4. The molecule has 1 atom stereocenters. The summed E-state index contributed by atoms with van der Waals surface area (Å²) >= 11 is 1.54. The van der Waals surface area contributed by atoms with Crippen LogP contribution in [0.15, 0.2) is 24.3 Å². The van der Waals surface area contributed by atoms with Crippen LogP contribution in [0.3, 0.4) is 0 Å².